The van der Waals surface area contributed by atoms with Crippen LogP contribution in [0.4, 0.5) is 5.69 Å². The van der Waals surface area contributed by atoms with Gasteiger partial charge in [0.15, 0.2) is 4.32 Å². The number of aromatic nitrogens is 1. The number of hydrogen-bond acceptors (Lipinski definition) is 8. The number of pyridine rings is 1. The Bertz CT molecular complexity index is 1290. The average Bonchev–Trinajstić information content (AvgIpc) is 3.12. The Balaban J connectivity index is 1.11. The number of amides is 2. The van der Waals surface area contributed by atoms with Crippen molar-refractivity contribution in [2.75, 3.05) is 0 Å². The summed E-state index contributed by atoms with van der Waals surface area (Å²) in [6, 6.07) is 9.73. The van der Waals surface area contributed by atoms with Crippen molar-refractivity contribution in [2.24, 2.45) is 23.2 Å². The summed E-state index contributed by atoms with van der Waals surface area (Å²) in [5, 5.41) is 12.0. The first-order chi connectivity index (χ1) is 17.8. The van der Waals surface area contributed by atoms with Crippen LogP contribution in [0.25, 0.3) is 6.08 Å². The summed E-state index contributed by atoms with van der Waals surface area (Å²) in [6.45, 7) is 0. The first-order valence-corrected chi connectivity index (χ1v) is 13.5. The molecule has 2 heterocycles. The van der Waals surface area contributed by atoms with E-state index < -0.39 is 4.92 Å². The summed E-state index contributed by atoms with van der Waals surface area (Å²) in [6.07, 6.45) is 9.33. The molecule has 4 bridgehead atoms. The predicted octanol–water partition coefficient (Wildman–Crippen LogP) is 5.23. The second-order valence-corrected chi connectivity index (χ2v) is 12.1. The van der Waals surface area contributed by atoms with Crippen LogP contribution in [-0.4, -0.2) is 31.1 Å². The molecule has 4 aliphatic carbocycles. The largest absolute Gasteiger partial charge is 0.439 e. The molecule has 1 N–H and O–H groups in total. The fourth-order valence-corrected chi connectivity index (χ4v) is 7.80. The topological polar surface area (TPSA) is 115 Å². The smallest absolute Gasteiger partial charge is 0.287 e. The lowest BCUT2D eigenvalue weighted by molar-refractivity contribution is -0.385. The number of ether oxygens (including phenoxy) is 1. The zero-order valence-corrected chi connectivity index (χ0v) is 21.4. The highest BCUT2D eigenvalue weighted by atomic mass is 32.2. The molecule has 9 nitrogen and oxygen atoms in total. The number of nitrogens with one attached hydrogen (secondary N) is 1. The maximum absolute atomic E-state index is 13.4. The Morgan fingerprint density at radius 3 is 2.35 bits per heavy atom. The molecule has 1 aliphatic heterocycles. The maximum atomic E-state index is 13.4. The van der Waals surface area contributed by atoms with Gasteiger partial charge in [-0.15, -0.1) is 0 Å². The molecular weight excluding hydrogens is 512 g/mol. The SMILES string of the molecule is O=C1/C(=C/c2ccc(Oc3ccc([N+](=O)[O-])cn3)cc2)SC(=S)N1NC(=O)C12CC3CC(CC(C3)C1)C2. The lowest BCUT2D eigenvalue weighted by Crippen LogP contribution is -2.57. The van der Waals surface area contributed by atoms with E-state index in [0.29, 0.717) is 32.7 Å². The highest BCUT2D eigenvalue weighted by Gasteiger charge is 2.55. The Labute approximate surface area is 222 Å². The molecule has 190 valence electrons. The van der Waals surface area contributed by atoms with Gasteiger partial charge in [0.1, 0.15) is 11.9 Å². The van der Waals surface area contributed by atoms with Crippen LogP contribution in [0, 0.1) is 33.3 Å². The van der Waals surface area contributed by atoms with Crippen molar-refractivity contribution in [1.82, 2.24) is 15.4 Å². The van der Waals surface area contributed by atoms with Gasteiger partial charge in [-0.25, -0.2) is 4.98 Å². The number of benzene rings is 1. The highest BCUT2D eigenvalue weighted by molar-refractivity contribution is 8.26. The summed E-state index contributed by atoms with van der Waals surface area (Å²) in [4.78, 5) is 41.1. The fourth-order valence-electron chi connectivity index (χ4n) is 6.62. The zero-order valence-electron chi connectivity index (χ0n) is 19.8. The van der Waals surface area contributed by atoms with Crippen molar-refractivity contribution in [3.8, 4) is 11.6 Å². The van der Waals surface area contributed by atoms with E-state index in [1.54, 1.807) is 30.3 Å². The average molecular weight is 537 g/mol. The number of hydrogen-bond donors (Lipinski definition) is 1. The monoisotopic (exact) mass is 536 g/mol. The van der Waals surface area contributed by atoms with Gasteiger partial charge in [-0.2, -0.15) is 5.01 Å². The number of nitro groups is 1. The minimum absolute atomic E-state index is 0.0643. The zero-order chi connectivity index (χ0) is 25.7. The van der Waals surface area contributed by atoms with Crippen molar-refractivity contribution in [1.29, 1.82) is 0 Å². The maximum Gasteiger partial charge on any atom is 0.287 e. The van der Waals surface area contributed by atoms with Crippen molar-refractivity contribution in [3.05, 3.63) is 63.2 Å². The van der Waals surface area contributed by atoms with E-state index in [2.05, 4.69) is 10.4 Å². The molecule has 37 heavy (non-hydrogen) atoms. The van der Waals surface area contributed by atoms with Crippen molar-refractivity contribution < 1.29 is 19.2 Å². The molecule has 0 radical (unpaired) electrons. The molecule has 0 spiro atoms. The summed E-state index contributed by atoms with van der Waals surface area (Å²) in [7, 11) is 0. The first-order valence-electron chi connectivity index (χ1n) is 12.3. The van der Waals surface area contributed by atoms with Gasteiger partial charge in [-0.1, -0.05) is 23.9 Å². The molecule has 0 atom stereocenters. The molecule has 1 aromatic carbocycles. The minimum atomic E-state index is -0.525. The van der Waals surface area contributed by atoms with E-state index in [4.69, 9.17) is 17.0 Å². The number of rotatable bonds is 6. The third kappa shape index (κ3) is 4.61. The summed E-state index contributed by atoms with van der Waals surface area (Å²) in [5.74, 6) is 2.22. The third-order valence-electron chi connectivity index (χ3n) is 7.86. The second-order valence-electron chi connectivity index (χ2n) is 10.4. The quantitative estimate of drug-likeness (QED) is 0.231. The molecule has 1 saturated heterocycles. The van der Waals surface area contributed by atoms with Gasteiger partial charge in [0.2, 0.25) is 11.8 Å². The number of hydrazine groups is 1. The lowest BCUT2D eigenvalue weighted by Gasteiger charge is -2.55. The Hall–Kier alpha value is -3.31. The van der Waals surface area contributed by atoms with Gasteiger partial charge in [0.05, 0.1) is 15.2 Å². The molecule has 2 amide bonds. The molecule has 7 rings (SSSR count). The summed E-state index contributed by atoms with van der Waals surface area (Å²) in [5.41, 5.74) is 3.15. The van der Waals surface area contributed by atoms with Crippen LogP contribution in [0.3, 0.4) is 0 Å². The van der Waals surface area contributed by atoms with Crippen LogP contribution in [0.15, 0.2) is 47.5 Å². The van der Waals surface area contributed by atoms with Gasteiger partial charge in [-0.05, 0) is 92.3 Å². The molecule has 4 saturated carbocycles. The van der Waals surface area contributed by atoms with Crippen LogP contribution in [-0.2, 0) is 9.59 Å². The second kappa shape index (κ2) is 9.21. The number of thioether (sulfide) groups is 1. The lowest BCUT2D eigenvalue weighted by atomic mass is 9.49. The van der Waals surface area contributed by atoms with Gasteiger partial charge >= 0.3 is 0 Å². The van der Waals surface area contributed by atoms with Gasteiger partial charge < -0.3 is 4.74 Å². The Kier molecular flexibility index (Phi) is 5.99. The van der Waals surface area contributed by atoms with E-state index in [1.807, 2.05) is 0 Å². The van der Waals surface area contributed by atoms with Gasteiger partial charge in [0.25, 0.3) is 11.6 Å². The number of nitrogens with zero attached hydrogens (tertiary/aromatic N) is 3. The van der Waals surface area contributed by atoms with Crippen molar-refractivity contribution in [3.63, 3.8) is 0 Å². The fraction of sp³-hybridized carbons (Fsp3) is 0.385. The van der Waals surface area contributed by atoms with Gasteiger partial charge in [-0.3, -0.25) is 25.1 Å². The van der Waals surface area contributed by atoms with E-state index in [-0.39, 0.29) is 28.8 Å². The number of carbonyl (C=O) groups excluding carboxylic acids is 2. The predicted molar refractivity (Wildman–Crippen MR) is 141 cm³/mol. The molecule has 0 unspecified atom stereocenters. The molecule has 2 aromatic rings. The Morgan fingerprint density at radius 2 is 1.78 bits per heavy atom. The third-order valence-corrected chi connectivity index (χ3v) is 9.16. The summed E-state index contributed by atoms with van der Waals surface area (Å²) < 4.78 is 5.95. The summed E-state index contributed by atoms with van der Waals surface area (Å²) >= 11 is 6.60. The molecular formula is C26H24N4O5S2. The van der Waals surface area contributed by atoms with Crippen LogP contribution in [0.2, 0.25) is 0 Å². The normalized spacial score (nSPS) is 29.1. The van der Waals surface area contributed by atoms with Gasteiger partial charge in [0, 0.05) is 12.1 Å². The van der Waals surface area contributed by atoms with Crippen LogP contribution >= 0.6 is 24.0 Å². The first kappa shape index (κ1) is 24.1. The van der Waals surface area contributed by atoms with Crippen molar-refractivity contribution in [2.45, 2.75) is 38.5 Å². The van der Waals surface area contributed by atoms with Crippen LogP contribution in [0.5, 0.6) is 11.6 Å². The Morgan fingerprint density at radius 1 is 1.14 bits per heavy atom. The number of thiocarbonyl (C=S) groups is 1. The molecule has 5 fully saturated rings. The van der Waals surface area contributed by atoms with E-state index in [1.165, 1.54) is 36.4 Å². The molecule has 5 aliphatic rings. The van der Waals surface area contributed by atoms with E-state index in [0.717, 1.165) is 42.8 Å². The molecule has 11 heteroatoms. The molecule has 1 aromatic heterocycles. The van der Waals surface area contributed by atoms with Crippen LogP contribution in [0.1, 0.15) is 44.1 Å². The van der Waals surface area contributed by atoms with Crippen molar-refractivity contribution >= 4 is 51.9 Å². The van der Waals surface area contributed by atoms with E-state index >= 15 is 0 Å². The number of carbonyl (C=O) groups is 2. The van der Waals surface area contributed by atoms with E-state index in [9.17, 15) is 19.7 Å². The highest BCUT2D eigenvalue weighted by Crippen LogP contribution is 2.60. The standard InChI is InChI=1S/C26H24N4O5S2/c31-23-21(10-15-1-4-20(5-2-15)35-22-6-3-19(14-27-22)30(33)34)37-25(36)29(23)28-24(32)26-11-16-7-17(12-26)9-18(8-16)13-26/h1-6,10,14,16-18H,7-9,11-13H2,(H,28,32)/b21-10-. The van der Waals surface area contributed by atoms with Crippen LogP contribution < -0.4 is 10.2 Å². The minimum Gasteiger partial charge on any atom is -0.439 e.